The zero-order valence-corrected chi connectivity index (χ0v) is 15.7. The van der Waals surface area contributed by atoms with Crippen LogP contribution in [0.5, 0.6) is 0 Å². The molecule has 0 unspecified atom stereocenters. The van der Waals surface area contributed by atoms with Crippen molar-refractivity contribution in [2.24, 2.45) is 17.8 Å². The monoisotopic (exact) mass is 372 g/mol. The molecule has 0 bridgehead atoms. The fourth-order valence-electron chi connectivity index (χ4n) is 3.85. The van der Waals surface area contributed by atoms with Gasteiger partial charge in [0.15, 0.2) is 0 Å². The molecule has 5 nitrogen and oxygen atoms in total. The van der Waals surface area contributed by atoms with E-state index in [9.17, 15) is 18.8 Å². The molecule has 1 heterocycles. The van der Waals surface area contributed by atoms with Gasteiger partial charge in [-0.05, 0) is 31.2 Å². The Morgan fingerprint density at radius 1 is 1.15 bits per heavy atom. The maximum Gasteiger partial charge on any atom is 0.243 e. The molecule has 1 aromatic carbocycles. The summed E-state index contributed by atoms with van der Waals surface area (Å²) in [5.41, 5.74) is 0.367. The first kappa shape index (κ1) is 19.3. The summed E-state index contributed by atoms with van der Waals surface area (Å²) in [6.45, 7) is 3.90. The van der Waals surface area contributed by atoms with E-state index >= 15 is 0 Å². The summed E-state index contributed by atoms with van der Waals surface area (Å²) in [6.07, 6.45) is 5.30. The van der Waals surface area contributed by atoms with Crippen molar-refractivity contribution in [2.45, 2.75) is 45.7 Å². The van der Waals surface area contributed by atoms with Gasteiger partial charge in [0.05, 0.1) is 11.8 Å². The number of halogens is 1. The van der Waals surface area contributed by atoms with Crippen LogP contribution in [0.4, 0.5) is 4.39 Å². The van der Waals surface area contributed by atoms with Gasteiger partial charge in [-0.1, -0.05) is 44.2 Å². The summed E-state index contributed by atoms with van der Waals surface area (Å²) in [4.78, 5) is 39.7. The van der Waals surface area contributed by atoms with Crippen LogP contribution in [-0.2, 0) is 20.9 Å². The molecule has 6 heteroatoms. The van der Waals surface area contributed by atoms with E-state index in [-0.39, 0.29) is 36.1 Å². The molecule has 1 saturated heterocycles. The lowest BCUT2D eigenvalue weighted by atomic mass is 9.85. The van der Waals surface area contributed by atoms with Gasteiger partial charge in [-0.3, -0.25) is 19.3 Å². The zero-order valence-electron chi connectivity index (χ0n) is 15.7. The molecule has 1 fully saturated rings. The molecule has 3 rings (SSSR count). The molecular weight excluding hydrogens is 347 g/mol. The van der Waals surface area contributed by atoms with E-state index in [0.717, 1.165) is 0 Å². The number of allylic oxidation sites excluding steroid dienone is 2. The number of benzene rings is 1. The Hall–Kier alpha value is -2.50. The lowest BCUT2D eigenvalue weighted by Crippen LogP contribution is -2.50. The Balaban J connectivity index is 1.77. The number of hydrogen-bond donors (Lipinski definition) is 1. The second-order valence-corrected chi connectivity index (χ2v) is 7.66. The maximum absolute atomic E-state index is 13.8. The fraction of sp³-hybridized carbons (Fsp3) is 0.476. The molecule has 0 spiro atoms. The van der Waals surface area contributed by atoms with Crippen molar-refractivity contribution >= 4 is 17.7 Å². The molecule has 1 N–H and O–H groups in total. The molecule has 1 aliphatic heterocycles. The number of imide groups is 1. The van der Waals surface area contributed by atoms with E-state index in [1.807, 2.05) is 26.0 Å². The SMILES string of the molecule is CC(C)C[C@H](C(=O)NCc1ccccc1F)N1C(=O)[C@H]2CC=CC[C@H]2C1=O. The van der Waals surface area contributed by atoms with Gasteiger partial charge in [0.25, 0.3) is 0 Å². The number of amides is 3. The Labute approximate surface area is 158 Å². The quantitative estimate of drug-likeness (QED) is 0.617. The normalized spacial score (nSPS) is 22.9. The van der Waals surface area contributed by atoms with Crippen molar-refractivity contribution in [3.63, 3.8) is 0 Å². The highest BCUT2D eigenvalue weighted by Gasteiger charge is 2.51. The minimum atomic E-state index is -0.859. The Bertz CT molecular complexity index is 748. The number of hydrogen-bond acceptors (Lipinski definition) is 3. The van der Waals surface area contributed by atoms with Crippen molar-refractivity contribution in [1.29, 1.82) is 0 Å². The molecule has 0 saturated carbocycles. The number of rotatable bonds is 6. The highest BCUT2D eigenvalue weighted by Crippen LogP contribution is 2.37. The van der Waals surface area contributed by atoms with E-state index in [1.54, 1.807) is 18.2 Å². The number of carbonyl (C=O) groups is 3. The molecule has 3 atom stereocenters. The smallest absolute Gasteiger partial charge is 0.243 e. The van der Waals surface area contributed by atoms with Crippen LogP contribution in [0, 0.1) is 23.6 Å². The molecule has 0 aromatic heterocycles. The first-order valence-electron chi connectivity index (χ1n) is 9.43. The number of nitrogens with one attached hydrogen (secondary N) is 1. The molecule has 0 radical (unpaired) electrons. The Morgan fingerprint density at radius 2 is 1.74 bits per heavy atom. The van der Waals surface area contributed by atoms with Crippen LogP contribution in [0.3, 0.4) is 0 Å². The largest absolute Gasteiger partial charge is 0.350 e. The number of nitrogens with zero attached hydrogens (tertiary/aromatic N) is 1. The number of carbonyl (C=O) groups excluding carboxylic acids is 3. The van der Waals surface area contributed by atoms with Gasteiger partial charge in [0.1, 0.15) is 11.9 Å². The molecule has 144 valence electrons. The van der Waals surface area contributed by atoms with Crippen LogP contribution < -0.4 is 5.32 Å². The molecule has 1 aliphatic carbocycles. The summed E-state index contributed by atoms with van der Waals surface area (Å²) < 4.78 is 13.8. The predicted octanol–water partition coefficient (Wildman–Crippen LogP) is 2.81. The first-order valence-corrected chi connectivity index (χ1v) is 9.43. The third-order valence-electron chi connectivity index (χ3n) is 5.26. The fourth-order valence-corrected chi connectivity index (χ4v) is 3.85. The van der Waals surface area contributed by atoms with Crippen molar-refractivity contribution in [1.82, 2.24) is 10.2 Å². The van der Waals surface area contributed by atoms with Gasteiger partial charge in [0, 0.05) is 12.1 Å². The lowest BCUT2D eigenvalue weighted by molar-refractivity contribution is -0.148. The molecular formula is C21H25FN2O3. The summed E-state index contributed by atoms with van der Waals surface area (Å²) in [5.74, 6) is -1.95. The van der Waals surface area contributed by atoms with Crippen LogP contribution >= 0.6 is 0 Å². The van der Waals surface area contributed by atoms with E-state index in [2.05, 4.69) is 5.32 Å². The molecule has 3 amide bonds. The van der Waals surface area contributed by atoms with Crippen LogP contribution in [0.25, 0.3) is 0 Å². The molecule has 1 aromatic rings. The van der Waals surface area contributed by atoms with E-state index in [1.165, 1.54) is 11.0 Å². The topological polar surface area (TPSA) is 66.5 Å². The summed E-state index contributed by atoms with van der Waals surface area (Å²) in [6, 6.07) is 5.35. The minimum Gasteiger partial charge on any atom is -0.350 e. The standard InChI is InChI=1S/C21H25FN2O3/c1-13(2)11-18(19(25)23-12-14-7-3-6-10-17(14)22)24-20(26)15-8-4-5-9-16(15)21(24)27/h3-7,10,13,15-16,18H,8-9,11-12H2,1-2H3,(H,23,25)/t15-,16+,18-/m1/s1. The van der Waals surface area contributed by atoms with Crippen molar-refractivity contribution in [3.8, 4) is 0 Å². The first-order chi connectivity index (χ1) is 12.9. The molecule has 2 aliphatic rings. The van der Waals surface area contributed by atoms with Gasteiger partial charge < -0.3 is 5.32 Å². The summed E-state index contributed by atoms with van der Waals surface area (Å²) in [5, 5.41) is 2.70. The van der Waals surface area contributed by atoms with Gasteiger partial charge in [-0.25, -0.2) is 4.39 Å². The summed E-state index contributed by atoms with van der Waals surface area (Å²) in [7, 11) is 0. The third-order valence-corrected chi connectivity index (χ3v) is 5.26. The lowest BCUT2D eigenvalue weighted by Gasteiger charge is -2.27. The number of likely N-dealkylation sites (tertiary alicyclic amines) is 1. The number of fused-ring (bicyclic) bond motifs is 1. The van der Waals surface area contributed by atoms with E-state index < -0.39 is 17.8 Å². The predicted molar refractivity (Wildman–Crippen MR) is 98.7 cm³/mol. The van der Waals surface area contributed by atoms with Crippen molar-refractivity contribution in [3.05, 3.63) is 47.8 Å². The van der Waals surface area contributed by atoms with Crippen LogP contribution in [-0.4, -0.2) is 28.7 Å². The van der Waals surface area contributed by atoms with Gasteiger partial charge in [-0.15, -0.1) is 0 Å². The van der Waals surface area contributed by atoms with Gasteiger partial charge in [0.2, 0.25) is 17.7 Å². The maximum atomic E-state index is 13.8. The minimum absolute atomic E-state index is 0.0186. The average molecular weight is 372 g/mol. The van der Waals surface area contributed by atoms with E-state index in [0.29, 0.717) is 24.8 Å². The van der Waals surface area contributed by atoms with Crippen molar-refractivity contribution < 1.29 is 18.8 Å². The van der Waals surface area contributed by atoms with Gasteiger partial charge >= 0.3 is 0 Å². The molecule has 27 heavy (non-hydrogen) atoms. The van der Waals surface area contributed by atoms with Crippen LogP contribution in [0.15, 0.2) is 36.4 Å². The zero-order chi connectivity index (χ0) is 19.6. The van der Waals surface area contributed by atoms with E-state index in [4.69, 9.17) is 0 Å². The second kappa shape index (κ2) is 8.03. The Kier molecular flexibility index (Phi) is 5.73. The third kappa shape index (κ3) is 3.94. The highest BCUT2D eigenvalue weighted by atomic mass is 19.1. The van der Waals surface area contributed by atoms with Gasteiger partial charge in [-0.2, -0.15) is 0 Å². The summed E-state index contributed by atoms with van der Waals surface area (Å²) >= 11 is 0. The van der Waals surface area contributed by atoms with Crippen LogP contribution in [0.2, 0.25) is 0 Å². The van der Waals surface area contributed by atoms with Crippen LogP contribution in [0.1, 0.15) is 38.7 Å². The Morgan fingerprint density at radius 3 is 2.30 bits per heavy atom. The highest BCUT2D eigenvalue weighted by molar-refractivity contribution is 6.08. The second-order valence-electron chi connectivity index (χ2n) is 7.66. The van der Waals surface area contributed by atoms with Crippen molar-refractivity contribution in [2.75, 3.05) is 0 Å². The average Bonchev–Trinajstić information content (AvgIpc) is 2.90.